The Kier molecular flexibility index (Phi) is 25.4. The van der Waals surface area contributed by atoms with Crippen molar-refractivity contribution in [2.45, 2.75) is 80.8 Å². The Bertz CT molecular complexity index is 3740. The average molecular weight is 1370 g/mol. The van der Waals surface area contributed by atoms with Gasteiger partial charge in [-0.15, -0.1) is 0 Å². The van der Waals surface area contributed by atoms with E-state index in [4.69, 9.17) is 33.5 Å². The van der Waals surface area contributed by atoms with E-state index < -0.39 is 29.6 Å². The van der Waals surface area contributed by atoms with Crippen LogP contribution in [-0.4, -0.2) is 21.3 Å². The van der Waals surface area contributed by atoms with Gasteiger partial charge in [0.05, 0.1) is 39.8 Å². The van der Waals surface area contributed by atoms with Crippen molar-refractivity contribution in [2.75, 3.05) is 21.3 Å². The SMILES string of the molecule is COc1cccc(C[P+](c2ccc(C)cc2)(c2ccc(C)cc2)c2ccc(C)cc2)c1.COc1cccc(C[P+](c2ccc(C)cc2)(c2ccc(C)cc2)c2ccc(C)cc2)c1.COc1cccc(C[P+](c2ccc(C)cc2)(c2ccc(C)cc2)c2ccc(C)cc2)c1.O=P([O-])([O-])[O-]. The summed E-state index contributed by atoms with van der Waals surface area (Å²) in [5.41, 5.74) is 15.5. The topological polar surface area (TPSA) is 114 Å². The Labute approximate surface area is 584 Å². The maximum absolute atomic E-state index is 8.55. The van der Waals surface area contributed by atoms with Crippen molar-refractivity contribution < 1.29 is 33.5 Å². The number of aryl methyl sites for hydroxylation is 9. The summed E-state index contributed by atoms with van der Waals surface area (Å²) < 4.78 is 25.2. The summed E-state index contributed by atoms with van der Waals surface area (Å²) >= 11 is 0. The lowest BCUT2D eigenvalue weighted by molar-refractivity contribution is -0.432. The Balaban J connectivity index is 0.000000166. The molecule has 0 N–H and O–H groups in total. The second-order valence-electron chi connectivity index (χ2n) is 25.4. The molecular weight excluding hydrogens is 1280 g/mol. The van der Waals surface area contributed by atoms with E-state index in [9.17, 15) is 0 Å². The van der Waals surface area contributed by atoms with Gasteiger partial charge in [0.15, 0.2) is 0 Å². The first-order valence-corrected chi connectivity index (χ1v) is 40.3. The van der Waals surface area contributed by atoms with E-state index in [0.717, 1.165) is 35.7 Å². The number of rotatable bonds is 18. The molecular formula is C87H90O7P4. The van der Waals surface area contributed by atoms with Gasteiger partial charge in [-0.05, 0) is 225 Å². The lowest BCUT2D eigenvalue weighted by Gasteiger charge is -2.36. The van der Waals surface area contributed by atoms with Crippen molar-refractivity contribution in [3.63, 3.8) is 0 Å². The van der Waals surface area contributed by atoms with Gasteiger partial charge in [-0.3, -0.25) is 0 Å². The van der Waals surface area contributed by atoms with Crippen molar-refractivity contribution >= 4 is 77.4 Å². The van der Waals surface area contributed by atoms with Crippen LogP contribution < -0.4 is 76.6 Å². The molecule has 0 saturated carbocycles. The third-order valence-electron chi connectivity index (χ3n) is 17.9. The monoisotopic (exact) mass is 1370 g/mol. The van der Waals surface area contributed by atoms with Crippen LogP contribution in [0.2, 0.25) is 0 Å². The van der Waals surface area contributed by atoms with Gasteiger partial charge in [0.25, 0.3) is 0 Å². The van der Waals surface area contributed by atoms with Crippen molar-refractivity contribution in [1.29, 1.82) is 0 Å². The van der Waals surface area contributed by atoms with Gasteiger partial charge in [-0.1, -0.05) is 196 Å². The molecule has 0 bridgehead atoms. The molecule has 0 heterocycles. The van der Waals surface area contributed by atoms with Crippen molar-refractivity contribution in [3.8, 4) is 17.2 Å². The van der Waals surface area contributed by atoms with Crippen LogP contribution in [-0.2, 0) is 23.1 Å². The molecule has 98 heavy (non-hydrogen) atoms. The zero-order valence-electron chi connectivity index (χ0n) is 58.5. The van der Waals surface area contributed by atoms with Gasteiger partial charge >= 0.3 is 0 Å². The predicted molar refractivity (Wildman–Crippen MR) is 416 cm³/mol. The molecule has 0 unspecified atom stereocenters. The van der Waals surface area contributed by atoms with E-state index >= 15 is 0 Å². The Hall–Kier alpha value is -8.56. The van der Waals surface area contributed by atoms with E-state index in [-0.39, 0.29) is 0 Å². The minimum absolute atomic E-state index is 0.910. The minimum Gasteiger partial charge on any atom is -0.822 e. The standard InChI is InChI=1S/3C29H30OP.H3O4P/c3*1-22-8-14-27(15-9-22)31(28-16-10-23(2)11-17-28,29-18-12-24(3)13-19-29)21-25-6-5-7-26(20-25)30-4;1-5(2,3)4/h3*5-20H,21H2,1-4H3;(H3,1,2,3,4)/q3*+1;/p-3. The highest BCUT2D eigenvalue weighted by molar-refractivity contribution is 7.96. The highest BCUT2D eigenvalue weighted by atomic mass is 31.2. The Morgan fingerprint density at radius 3 is 0.500 bits per heavy atom. The number of hydrogen-bond donors (Lipinski definition) is 0. The second kappa shape index (κ2) is 33.8. The number of hydrogen-bond acceptors (Lipinski definition) is 7. The summed E-state index contributed by atoms with van der Waals surface area (Å²) in [7, 11) is -5.94. The van der Waals surface area contributed by atoms with E-state index in [0.29, 0.717) is 0 Å². The fourth-order valence-electron chi connectivity index (χ4n) is 12.5. The van der Waals surface area contributed by atoms with Crippen LogP contribution in [0.3, 0.4) is 0 Å². The molecule has 0 saturated heterocycles. The molecule has 12 aromatic rings. The zero-order valence-corrected chi connectivity index (χ0v) is 62.1. The number of ether oxygens (including phenoxy) is 3. The molecule has 0 amide bonds. The summed E-state index contributed by atoms with van der Waals surface area (Å²) in [6.45, 7) is 19.4. The van der Waals surface area contributed by atoms with Gasteiger partial charge in [-0.25, -0.2) is 0 Å². The van der Waals surface area contributed by atoms with E-state index in [1.807, 2.05) is 18.2 Å². The molecule has 7 nitrogen and oxygen atoms in total. The summed E-state index contributed by atoms with van der Waals surface area (Å²) in [6, 6.07) is 108. The Morgan fingerprint density at radius 2 is 0.378 bits per heavy atom. The number of methoxy groups -OCH3 is 3. The maximum atomic E-state index is 8.55. The molecule has 0 atom stereocenters. The summed E-state index contributed by atoms with van der Waals surface area (Å²) in [4.78, 5) is 25.6. The van der Waals surface area contributed by atoms with Gasteiger partial charge < -0.3 is 33.5 Å². The molecule has 12 rings (SSSR count). The molecule has 0 aromatic heterocycles. The molecule has 0 radical (unpaired) electrons. The van der Waals surface area contributed by atoms with Crippen LogP contribution in [0.25, 0.3) is 0 Å². The first-order valence-electron chi connectivity index (χ1n) is 32.9. The predicted octanol–water partition coefficient (Wildman–Crippen LogP) is 15.5. The van der Waals surface area contributed by atoms with Gasteiger partial charge in [-0.2, -0.15) is 7.82 Å². The lowest BCUT2D eigenvalue weighted by atomic mass is 10.2. The summed E-state index contributed by atoms with van der Waals surface area (Å²) in [6.07, 6.45) is 2.87. The molecule has 0 fully saturated rings. The first kappa shape index (κ1) is 73.7. The average Bonchev–Trinajstić information content (AvgIpc) is 0.764. The van der Waals surface area contributed by atoms with Gasteiger partial charge in [0.2, 0.25) is 0 Å². The van der Waals surface area contributed by atoms with Crippen LogP contribution in [0, 0.1) is 62.3 Å². The summed E-state index contributed by atoms with van der Waals surface area (Å²) in [5, 5.41) is 12.7. The fraction of sp³-hybridized carbons (Fsp3) is 0.172. The second-order valence-corrected chi connectivity index (χ2v) is 36.8. The molecule has 12 aromatic carbocycles. The van der Waals surface area contributed by atoms with Crippen molar-refractivity contribution in [1.82, 2.24) is 0 Å². The summed E-state index contributed by atoms with van der Waals surface area (Å²) in [5.74, 6) is 2.73. The highest BCUT2D eigenvalue weighted by Crippen LogP contribution is 2.61. The van der Waals surface area contributed by atoms with Gasteiger partial charge in [0, 0.05) is 0 Å². The molecule has 11 heteroatoms. The van der Waals surface area contributed by atoms with E-state index in [1.54, 1.807) is 21.3 Å². The molecule has 0 aliphatic heterocycles. The van der Waals surface area contributed by atoms with E-state index in [1.165, 1.54) is 115 Å². The van der Waals surface area contributed by atoms with Gasteiger partial charge in [0.1, 0.15) is 86.8 Å². The van der Waals surface area contributed by atoms with Crippen LogP contribution in [0.4, 0.5) is 0 Å². The lowest BCUT2D eigenvalue weighted by Crippen LogP contribution is -2.32. The van der Waals surface area contributed by atoms with Crippen LogP contribution >= 0.6 is 29.6 Å². The first-order chi connectivity index (χ1) is 47.0. The largest absolute Gasteiger partial charge is 0.822 e. The van der Waals surface area contributed by atoms with Crippen LogP contribution in [0.5, 0.6) is 17.2 Å². The number of phosphoric acid groups is 1. The third kappa shape index (κ3) is 18.8. The van der Waals surface area contributed by atoms with Crippen molar-refractivity contribution in [3.05, 3.63) is 358 Å². The number of benzene rings is 12. The highest BCUT2D eigenvalue weighted by Gasteiger charge is 2.48. The molecule has 0 spiro atoms. The molecule has 0 aliphatic carbocycles. The Morgan fingerprint density at radius 1 is 0.245 bits per heavy atom. The third-order valence-corrected chi connectivity index (χ3v) is 31.1. The molecule has 500 valence electrons. The van der Waals surface area contributed by atoms with Crippen LogP contribution in [0.15, 0.2) is 291 Å². The molecule has 0 aliphatic rings. The van der Waals surface area contributed by atoms with E-state index in [2.05, 4.69) is 335 Å². The normalized spacial score (nSPS) is 11.4. The van der Waals surface area contributed by atoms with Crippen LogP contribution in [0.1, 0.15) is 66.8 Å². The minimum atomic E-state index is -5.39. The quantitative estimate of drug-likeness (QED) is 0.0786. The maximum Gasteiger partial charge on any atom is 0.119 e. The van der Waals surface area contributed by atoms with Crippen molar-refractivity contribution in [2.24, 2.45) is 0 Å². The fourth-order valence-corrected chi connectivity index (χ4v) is 25.0. The smallest absolute Gasteiger partial charge is 0.119 e. The zero-order chi connectivity index (χ0) is 70.0.